The number of carbonyl (C=O) groups is 1. The number of hydrogen-bond donors (Lipinski definition) is 1. The molecule has 3 nitrogen and oxygen atoms in total. The maximum Gasteiger partial charge on any atom is 0.339 e. The van der Waals surface area contributed by atoms with Crippen LogP contribution in [0, 0.1) is 0 Å². The summed E-state index contributed by atoms with van der Waals surface area (Å²) >= 11 is 15.2. The Bertz CT molecular complexity index is 662. The van der Waals surface area contributed by atoms with E-state index in [2.05, 4.69) is 15.9 Å². The van der Waals surface area contributed by atoms with E-state index in [9.17, 15) is 4.79 Å². The highest BCUT2D eigenvalue weighted by Crippen LogP contribution is 2.24. The molecule has 0 radical (unpaired) electrons. The molecule has 0 aliphatic rings. The number of carbonyl (C=O) groups excluding carboxylic acids is 1. The summed E-state index contributed by atoms with van der Waals surface area (Å²) in [5, 5.41) is 1.03. The molecule has 0 aliphatic carbocycles. The summed E-state index contributed by atoms with van der Waals surface area (Å²) in [4.78, 5) is 12.0. The van der Waals surface area contributed by atoms with Crippen molar-refractivity contribution in [1.82, 2.24) is 0 Å². The summed E-state index contributed by atoms with van der Waals surface area (Å²) in [6, 6.07) is 9.91. The minimum atomic E-state index is -0.486. The molecule has 0 spiro atoms. The maximum absolute atomic E-state index is 12.0. The van der Waals surface area contributed by atoms with Crippen LogP contribution in [0.25, 0.3) is 0 Å². The summed E-state index contributed by atoms with van der Waals surface area (Å²) < 4.78 is 5.84. The Morgan fingerprint density at radius 1 is 1.20 bits per heavy atom. The van der Waals surface area contributed by atoms with Crippen LogP contribution in [0.15, 0.2) is 40.9 Å². The van der Waals surface area contributed by atoms with Gasteiger partial charge in [-0.2, -0.15) is 0 Å². The van der Waals surface area contributed by atoms with Gasteiger partial charge in [0.25, 0.3) is 0 Å². The molecule has 20 heavy (non-hydrogen) atoms. The van der Waals surface area contributed by atoms with Gasteiger partial charge in [-0.05, 0) is 52.3 Å². The lowest BCUT2D eigenvalue weighted by molar-refractivity contribution is 0.0472. The zero-order valence-corrected chi connectivity index (χ0v) is 13.3. The molecule has 0 aromatic heterocycles. The van der Waals surface area contributed by atoms with Gasteiger partial charge in [0, 0.05) is 25.8 Å². The Morgan fingerprint density at radius 2 is 1.95 bits per heavy atom. The lowest BCUT2D eigenvalue weighted by atomic mass is 10.2. The van der Waals surface area contributed by atoms with Crippen molar-refractivity contribution in [2.24, 2.45) is 0 Å². The molecule has 0 saturated heterocycles. The number of rotatable bonds is 3. The van der Waals surface area contributed by atoms with Gasteiger partial charge in [0.2, 0.25) is 0 Å². The number of anilines is 1. The third kappa shape index (κ3) is 3.66. The largest absolute Gasteiger partial charge is 0.457 e. The van der Waals surface area contributed by atoms with Crippen molar-refractivity contribution in [3.8, 4) is 0 Å². The van der Waals surface area contributed by atoms with Crippen LogP contribution in [0.2, 0.25) is 10.0 Å². The van der Waals surface area contributed by atoms with E-state index in [-0.39, 0.29) is 6.61 Å². The molecule has 0 saturated carbocycles. The third-order valence-electron chi connectivity index (χ3n) is 2.58. The van der Waals surface area contributed by atoms with E-state index in [1.54, 1.807) is 36.4 Å². The van der Waals surface area contributed by atoms with Crippen molar-refractivity contribution in [1.29, 1.82) is 0 Å². The Balaban J connectivity index is 2.12. The molecule has 0 atom stereocenters. The fourth-order valence-electron chi connectivity index (χ4n) is 1.57. The van der Waals surface area contributed by atoms with Gasteiger partial charge in [-0.25, -0.2) is 4.79 Å². The molecule has 0 amide bonds. The first kappa shape index (κ1) is 15.2. The molecular formula is C14H10BrCl2NO2. The number of hydrogen-bond acceptors (Lipinski definition) is 3. The average molecular weight is 375 g/mol. The Kier molecular flexibility index (Phi) is 4.91. The van der Waals surface area contributed by atoms with Gasteiger partial charge in [-0.1, -0.05) is 23.2 Å². The van der Waals surface area contributed by atoms with Crippen molar-refractivity contribution in [3.63, 3.8) is 0 Å². The average Bonchev–Trinajstić information content (AvgIpc) is 2.42. The van der Waals surface area contributed by atoms with Crippen molar-refractivity contribution >= 4 is 50.8 Å². The van der Waals surface area contributed by atoms with Gasteiger partial charge >= 0.3 is 5.97 Å². The minimum absolute atomic E-state index is 0.0411. The van der Waals surface area contributed by atoms with Crippen LogP contribution in [-0.4, -0.2) is 5.97 Å². The lowest BCUT2D eigenvalue weighted by Crippen LogP contribution is -2.07. The highest BCUT2D eigenvalue weighted by Gasteiger charge is 2.13. The summed E-state index contributed by atoms with van der Waals surface area (Å²) in [5.74, 6) is -0.486. The Labute approximate surface area is 134 Å². The molecular weight excluding hydrogens is 365 g/mol. The molecule has 0 unspecified atom stereocenters. The van der Waals surface area contributed by atoms with Gasteiger partial charge < -0.3 is 10.5 Å². The van der Waals surface area contributed by atoms with E-state index < -0.39 is 5.97 Å². The number of halogens is 3. The van der Waals surface area contributed by atoms with Crippen LogP contribution in [-0.2, 0) is 11.3 Å². The molecule has 6 heteroatoms. The van der Waals surface area contributed by atoms with Gasteiger partial charge in [-0.15, -0.1) is 0 Å². The number of nitrogens with two attached hydrogens (primary N) is 1. The third-order valence-corrected chi connectivity index (χ3v) is 3.87. The SMILES string of the molecule is Nc1ccc(Br)c(C(=O)OCc2cc(Cl)ccc2Cl)c1. The standard InChI is InChI=1S/C14H10BrCl2NO2/c15-12-3-2-10(18)6-11(12)14(19)20-7-8-5-9(16)1-4-13(8)17/h1-6H,7,18H2. The zero-order valence-electron chi connectivity index (χ0n) is 10.2. The monoisotopic (exact) mass is 373 g/mol. The molecule has 0 fully saturated rings. The number of benzene rings is 2. The quantitative estimate of drug-likeness (QED) is 0.626. The molecule has 0 heterocycles. The van der Waals surface area contributed by atoms with Crippen LogP contribution >= 0.6 is 39.1 Å². The van der Waals surface area contributed by atoms with E-state index >= 15 is 0 Å². The van der Waals surface area contributed by atoms with Crippen LogP contribution < -0.4 is 5.73 Å². The van der Waals surface area contributed by atoms with Gasteiger partial charge in [0.05, 0.1) is 5.56 Å². The number of nitrogen functional groups attached to an aromatic ring is 1. The second-order valence-electron chi connectivity index (χ2n) is 4.05. The highest BCUT2D eigenvalue weighted by molar-refractivity contribution is 9.10. The second kappa shape index (κ2) is 6.48. The molecule has 2 aromatic carbocycles. The second-order valence-corrected chi connectivity index (χ2v) is 5.75. The normalized spacial score (nSPS) is 10.3. The van der Waals surface area contributed by atoms with E-state index in [1.165, 1.54) is 0 Å². The zero-order chi connectivity index (χ0) is 14.7. The number of esters is 1. The first-order valence-corrected chi connectivity index (χ1v) is 7.18. The smallest absolute Gasteiger partial charge is 0.339 e. The van der Waals surface area contributed by atoms with Gasteiger partial charge in [0.15, 0.2) is 0 Å². The molecule has 104 valence electrons. The van der Waals surface area contributed by atoms with Crippen LogP contribution in [0.3, 0.4) is 0 Å². The predicted molar refractivity (Wildman–Crippen MR) is 84.1 cm³/mol. The molecule has 0 aliphatic heterocycles. The maximum atomic E-state index is 12.0. The Hall–Kier alpha value is -1.23. The van der Waals surface area contributed by atoms with Crippen molar-refractivity contribution in [2.75, 3.05) is 5.73 Å². The topological polar surface area (TPSA) is 52.3 Å². The van der Waals surface area contributed by atoms with Crippen molar-refractivity contribution in [3.05, 3.63) is 62.0 Å². The lowest BCUT2D eigenvalue weighted by Gasteiger charge is -2.08. The fourth-order valence-corrected chi connectivity index (χ4v) is 2.35. The van der Waals surface area contributed by atoms with Crippen LogP contribution in [0.4, 0.5) is 5.69 Å². The van der Waals surface area contributed by atoms with E-state index in [1.807, 2.05) is 0 Å². The van der Waals surface area contributed by atoms with Gasteiger partial charge in [-0.3, -0.25) is 0 Å². The van der Waals surface area contributed by atoms with Crippen molar-refractivity contribution < 1.29 is 9.53 Å². The highest BCUT2D eigenvalue weighted by atomic mass is 79.9. The van der Waals surface area contributed by atoms with E-state index in [4.69, 9.17) is 33.7 Å². The Morgan fingerprint density at radius 3 is 2.70 bits per heavy atom. The summed E-state index contributed by atoms with van der Waals surface area (Å²) in [7, 11) is 0. The molecule has 2 rings (SSSR count). The summed E-state index contributed by atoms with van der Waals surface area (Å²) in [5.41, 5.74) is 7.15. The van der Waals surface area contributed by atoms with E-state index in [0.29, 0.717) is 31.3 Å². The first-order chi connectivity index (χ1) is 9.47. The van der Waals surface area contributed by atoms with Crippen LogP contribution in [0.1, 0.15) is 15.9 Å². The fraction of sp³-hybridized carbons (Fsp3) is 0.0714. The minimum Gasteiger partial charge on any atom is -0.457 e. The van der Waals surface area contributed by atoms with Crippen LogP contribution in [0.5, 0.6) is 0 Å². The van der Waals surface area contributed by atoms with Gasteiger partial charge in [0.1, 0.15) is 6.61 Å². The van der Waals surface area contributed by atoms with Crippen molar-refractivity contribution in [2.45, 2.75) is 6.61 Å². The molecule has 2 aromatic rings. The molecule has 2 N–H and O–H groups in total. The predicted octanol–water partition coefficient (Wildman–Crippen LogP) is 4.70. The number of ether oxygens (including phenoxy) is 1. The summed E-state index contributed by atoms with van der Waals surface area (Å²) in [6.07, 6.45) is 0. The first-order valence-electron chi connectivity index (χ1n) is 5.63. The molecule has 0 bridgehead atoms. The van der Waals surface area contributed by atoms with E-state index in [0.717, 1.165) is 0 Å². The summed E-state index contributed by atoms with van der Waals surface area (Å²) in [6.45, 7) is 0.0411.